The summed E-state index contributed by atoms with van der Waals surface area (Å²) in [6.45, 7) is 0. The predicted octanol–water partition coefficient (Wildman–Crippen LogP) is 4.05. The van der Waals surface area contributed by atoms with Crippen molar-refractivity contribution in [3.8, 4) is 0 Å². The molecule has 0 aromatic heterocycles. The third kappa shape index (κ3) is 3.21. The monoisotopic (exact) mass is 456 g/mol. The summed E-state index contributed by atoms with van der Waals surface area (Å²) in [7, 11) is -3.81. The molecule has 0 saturated heterocycles. The van der Waals surface area contributed by atoms with Crippen LogP contribution in [0.2, 0.25) is 0 Å². The maximum atomic E-state index is 12.6. The van der Waals surface area contributed by atoms with Crippen LogP contribution in [0.1, 0.15) is 20.7 Å². The quantitative estimate of drug-likeness (QED) is 0.600. The first kappa shape index (κ1) is 18.4. The summed E-state index contributed by atoms with van der Waals surface area (Å²) in [6.07, 6.45) is 0. The van der Waals surface area contributed by atoms with Crippen LogP contribution in [0.25, 0.3) is 0 Å². The van der Waals surface area contributed by atoms with Crippen LogP contribution in [-0.4, -0.2) is 20.2 Å². The number of benzene rings is 3. The summed E-state index contributed by atoms with van der Waals surface area (Å²) >= 11 is 3.29. The first-order valence-electron chi connectivity index (χ1n) is 8.23. The Morgan fingerprint density at radius 1 is 0.786 bits per heavy atom. The highest BCUT2D eigenvalue weighted by Gasteiger charge is 2.36. The minimum Gasteiger partial charge on any atom is -0.280 e. The molecule has 0 bridgehead atoms. The van der Waals surface area contributed by atoms with Crippen LogP contribution >= 0.6 is 15.9 Å². The van der Waals surface area contributed by atoms with Gasteiger partial charge in [0, 0.05) is 10.2 Å². The third-order valence-corrected chi connectivity index (χ3v) is 6.17. The van der Waals surface area contributed by atoms with E-state index in [0.29, 0.717) is 22.5 Å². The van der Waals surface area contributed by atoms with Crippen LogP contribution in [0.5, 0.6) is 0 Å². The van der Waals surface area contributed by atoms with E-state index in [4.69, 9.17) is 0 Å². The van der Waals surface area contributed by atoms with Gasteiger partial charge < -0.3 is 0 Å². The van der Waals surface area contributed by atoms with E-state index in [0.717, 1.165) is 9.37 Å². The Bertz CT molecular complexity index is 1170. The number of anilines is 2. The second-order valence-electron chi connectivity index (χ2n) is 6.10. The highest BCUT2D eigenvalue weighted by Crippen LogP contribution is 2.29. The number of rotatable bonds is 4. The molecule has 3 aromatic carbocycles. The molecule has 0 fully saturated rings. The van der Waals surface area contributed by atoms with Crippen LogP contribution in [-0.2, 0) is 10.0 Å². The molecule has 8 heteroatoms. The summed E-state index contributed by atoms with van der Waals surface area (Å²) in [6, 6.07) is 19.0. The zero-order valence-corrected chi connectivity index (χ0v) is 16.7. The average molecular weight is 457 g/mol. The summed E-state index contributed by atoms with van der Waals surface area (Å²) < 4.78 is 28.4. The van der Waals surface area contributed by atoms with Crippen LogP contribution in [0.4, 0.5) is 11.4 Å². The molecule has 0 radical (unpaired) electrons. The molecule has 0 saturated carbocycles. The molecule has 1 aliphatic rings. The molecule has 1 N–H and O–H groups in total. The Morgan fingerprint density at radius 3 is 1.96 bits per heavy atom. The predicted molar refractivity (Wildman–Crippen MR) is 109 cm³/mol. The SMILES string of the molecule is O=C1c2ccccc2C(=O)N1c1ccc(S(=O)(=O)Nc2cccc(Br)c2)cc1. The second kappa shape index (κ2) is 6.88. The first-order chi connectivity index (χ1) is 13.4. The molecule has 1 aliphatic heterocycles. The number of nitrogens with one attached hydrogen (secondary N) is 1. The van der Waals surface area contributed by atoms with Crippen LogP contribution in [0.15, 0.2) is 82.2 Å². The van der Waals surface area contributed by atoms with Crippen LogP contribution in [0, 0.1) is 0 Å². The molecule has 0 unspecified atom stereocenters. The van der Waals surface area contributed by atoms with E-state index in [1.54, 1.807) is 48.5 Å². The number of sulfonamides is 1. The smallest absolute Gasteiger partial charge is 0.266 e. The standard InChI is InChI=1S/C20H13BrN2O4S/c21-13-4-3-5-14(12-13)22-28(26,27)16-10-8-15(9-11-16)23-19(24)17-6-1-2-7-18(17)20(23)25/h1-12,22H. The fourth-order valence-electron chi connectivity index (χ4n) is 2.96. The van der Waals surface area contributed by atoms with Gasteiger partial charge in [0.1, 0.15) is 0 Å². The summed E-state index contributed by atoms with van der Waals surface area (Å²) in [5.74, 6) is -0.855. The number of hydrogen-bond donors (Lipinski definition) is 1. The minimum absolute atomic E-state index is 0.0211. The van der Waals surface area contributed by atoms with Gasteiger partial charge in [-0.15, -0.1) is 0 Å². The molecular formula is C20H13BrN2O4S. The maximum absolute atomic E-state index is 12.6. The lowest BCUT2D eigenvalue weighted by molar-refractivity contribution is 0.0926. The maximum Gasteiger partial charge on any atom is 0.266 e. The molecule has 28 heavy (non-hydrogen) atoms. The first-order valence-corrected chi connectivity index (χ1v) is 10.5. The van der Waals surface area contributed by atoms with Crippen molar-refractivity contribution in [2.24, 2.45) is 0 Å². The molecule has 1 heterocycles. The summed E-state index contributed by atoms with van der Waals surface area (Å²) in [4.78, 5) is 26.1. The number of carbonyl (C=O) groups excluding carboxylic acids is 2. The van der Waals surface area contributed by atoms with Crippen molar-refractivity contribution in [1.29, 1.82) is 0 Å². The zero-order valence-electron chi connectivity index (χ0n) is 14.3. The third-order valence-electron chi connectivity index (χ3n) is 4.28. The van der Waals surface area contributed by atoms with Gasteiger partial charge in [-0.3, -0.25) is 14.3 Å². The van der Waals surface area contributed by atoms with E-state index in [1.807, 2.05) is 0 Å². The van der Waals surface area contributed by atoms with Crippen molar-refractivity contribution in [2.75, 3.05) is 9.62 Å². The van der Waals surface area contributed by atoms with E-state index >= 15 is 0 Å². The fraction of sp³-hybridized carbons (Fsp3) is 0. The van der Waals surface area contributed by atoms with Gasteiger partial charge in [-0.1, -0.05) is 34.1 Å². The van der Waals surface area contributed by atoms with Gasteiger partial charge >= 0.3 is 0 Å². The Morgan fingerprint density at radius 2 is 1.39 bits per heavy atom. The van der Waals surface area contributed by atoms with Gasteiger partial charge in [0.05, 0.1) is 21.7 Å². The molecule has 0 atom stereocenters. The van der Waals surface area contributed by atoms with Crippen molar-refractivity contribution in [2.45, 2.75) is 4.90 Å². The largest absolute Gasteiger partial charge is 0.280 e. The van der Waals surface area contributed by atoms with Crippen molar-refractivity contribution >= 4 is 49.1 Å². The van der Waals surface area contributed by atoms with Crippen LogP contribution in [0.3, 0.4) is 0 Å². The Balaban J connectivity index is 1.61. The number of carbonyl (C=O) groups is 2. The fourth-order valence-corrected chi connectivity index (χ4v) is 4.41. The van der Waals surface area contributed by atoms with E-state index in [2.05, 4.69) is 20.7 Å². The van der Waals surface area contributed by atoms with E-state index in [9.17, 15) is 18.0 Å². The molecule has 2 amide bonds. The summed E-state index contributed by atoms with van der Waals surface area (Å²) in [5, 5.41) is 0. The van der Waals surface area contributed by atoms with Gasteiger partial charge in [-0.2, -0.15) is 0 Å². The van der Waals surface area contributed by atoms with Crippen molar-refractivity contribution in [1.82, 2.24) is 0 Å². The van der Waals surface area contributed by atoms with E-state index < -0.39 is 21.8 Å². The number of hydrogen-bond acceptors (Lipinski definition) is 4. The molecule has 6 nitrogen and oxygen atoms in total. The van der Waals surface area contributed by atoms with Crippen molar-refractivity contribution < 1.29 is 18.0 Å². The minimum atomic E-state index is -3.81. The summed E-state index contributed by atoms with van der Waals surface area (Å²) in [5.41, 5.74) is 1.40. The van der Waals surface area contributed by atoms with Crippen molar-refractivity contribution in [3.05, 3.63) is 88.4 Å². The van der Waals surface area contributed by atoms with E-state index in [-0.39, 0.29) is 4.90 Å². The lowest BCUT2D eigenvalue weighted by atomic mass is 10.1. The van der Waals surface area contributed by atoms with Gasteiger partial charge in [-0.05, 0) is 54.6 Å². The highest BCUT2D eigenvalue weighted by atomic mass is 79.9. The Kier molecular flexibility index (Phi) is 4.52. The second-order valence-corrected chi connectivity index (χ2v) is 8.70. The number of nitrogens with zero attached hydrogens (tertiary/aromatic N) is 1. The zero-order chi connectivity index (χ0) is 19.9. The van der Waals surface area contributed by atoms with Gasteiger partial charge in [0.25, 0.3) is 21.8 Å². The van der Waals surface area contributed by atoms with Crippen molar-refractivity contribution in [3.63, 3.8) is 0 Å². The molecule has 3 aromatic rings. The molecule has 0 aliphatic carbocycles. The lowest BCUT2D eigenvalue weighted by Gasteiger charge is -2.15. The molecule has 0 spiro atoms. The number of fused-ring (bicyclic) bond motifs is 1. The average Bonchev–Trinajstić information content (AvgIpc) is 2.93. The number of imide groups is 1. The molecule has 140 valence electrons. The topological polar surface area (TPSA) is 83.6 Å². The van der Waals surface area contributed by atoms with Crippen LogP contribution < -0.4 is 9.62 Å². The van der Waals surface area contributed by atoms with Gasteiger partial charge in [0.2, 0.25) is 0 Å². The molecule has 4 rings (SSSR count). The number of amides is 2. The molecular weight excluding hydrogens is 444 g/mol. The highest BCUT2D eigenvalue weighted by molar-refractivity contribution is 9.10. The van der Waals surface area contributed by atoms with E-state index in [1.165, 1.54) is 24.3 Å². The van der Waals surface area contributed by atoms with Gasteiger partial charge in [0.15, 0.2) is 0 Å². The lowest BCUT2D eigenvalue weighted by Crippen LogP contribution is -2.29. The van der Waals surface area contributed by atoms with Gasteiger partial charge in [-0.25, -0.2) is 13.3 Å². The Labute approximate surface area is 170 Å². The number of halogens is 1. The normalized spacial score (nSPS) is 13.5. The Hall–Kier alpha value is -2.97.